The van der Waals surface area contributed by atoms with E-state index in [0.717, 1.165) is 0 Å². The Hall–Kier alpha value is -3.02. The monoisotopic (exact) mass is 274 g/mol. The average Bonchev–Trinajstić information content (AvgIpc) is 2.37. The van der Waals surface area contributed by atoms with E-state index in [-0.39, 0.29) is 5.56 Å². The number of rotatable bonds is 3. The highest BCUT2D eigenvalue weighted by Gasteiger charge is 2.17. The second-order valence-corrected chi connectivity index (χ2v) is 4.08. The number of carboxylic acids is 2. The van der Waals surface area contributed by atoms with Crippen molar-refractivity contribution in [2.75, 3.05) is 0 Å². The molecule has 0 heterocycles. The highest BCUT2D eigenvalue weighted by Crippen LogP contribution is 2.33. The van der Waals surface area contributed by atoms with Gasteiger partial charge < -0.3 is 20.4 Å². The van der Waals surface area contributed by atoms with Crippen LogP contribution < -0.4 is 0 Å². The Morgan fingerprint density at radius 1 is 0.750 bits per heavy atom. The fraction of sp³-hybridized carbons (Fsp3) is 0. The molecule has 0 atom stereocenters. The summed E-state index contributed by atoms with van der Waals surface area (Å²) in [5.41, 5.74) is 0.444. The van der Waals surface area contributed by atoms with Crippen LogP contribution in [-0.2, 0) is 0 Å². The van der Waals surface area contributed by atoms with Gasteiger partial charge in [-0.25, -0.2) is 9.59 Å². The first-order valence-electron chi connectivity index (χ1n) is 5.53. The molecule has 102 valence electrons. The van der Waals surface area contributed by atoms with Crippen LogP contribution in [0.4, 0.5) is 0 Å². The Morgan fingerprint density at radius 2 is 1.25 bits per heavy atom. The van der Waals surface area contributed by atoms with E-state index in [9.17, 15) is 19.8 Å². The van der Waals surface area contributed by atoms with Crippen molar-refractivity contribution in [3.05, 3.63) is 47.5 Å². The van der Waals surface area contributed by atoms with Crippen molar-refractivity contribution in [1.82, 2.24) is 0 Å². The summed E-state index contributed by atoms with van der Waals surface area (Å²) in [5, 5.41) is 36.8. The molecule has 2 aromatic carbocycles. The van der Waals surface area contributed by atoms with Crippen molar-refractivity contribution in [2.45, 2.75) is 0 Å². The summed E-state index contributed by atoms with van der Waals surface area (Å²) in [6.45, 7) is 0. The molecule has 0 bridgehead atoms. The Kier molecular flexibility index (Phi) is 3.30. The lowest BCUT2D eigenvalue weighted by atomic mass is 10.0. The SMILES string of the molecule is O=C(O)c1ccc(-c2cc(O)c(C(=O)O)c(O)c2)cc1. The Bertz CT molecular complexity index is 664. The first kappa shape index (κ1) is 13.4. The number of aromatic hydroxyl groups is 2. The molecule has 20 heavy (non-hydrogen) atoms. The number of benzene rings is 2. The molecule has 0 aliphatic heterocycles. The number of phenols is 2. The van der Waals surface area contributed by atoms with E-state index >= 15 is 0 Å². The first-order valence-corrected chi connectivity index (χ1v) is 5.53. The predicted molar refractivity (Wildman–Crippen MR) is 69.1 cm³/mol. The lowest BCUT2D eigenvalue weighted by molar-refractivity contribution is 0.0681. The maximum absolute atomic E-state index is 10.8. The summed E-state index contributed by atoms with van der Waals surface area (Å²) in [5.74, 6) is -3.62. The molecule has 2 rings (SSSR count). The minimum absolute atomic E-state index is 0.101. The van der Waals surface area contributed by atoms with Gasteiger partial charge in [-0.05, 0) is 35.4 Å². The van der Waals surface area contributed by atoms with Crippen LogP contribution in [0, 0.1) is 0 Å². The second-order valence-electron chi connectivity index (χ2n) is 4.08. The van der Waals surface area contributed by atoms with Crippen LogP contribution >= 0.6 is 0 Å². The molecule has 6 nitrogen and oxygen atoms in total. The third-order valence-electron chi connectivity index (χ3n) is 2.78. The van der Waals surface area contributed by atoms with Crippen molar-refractivity contribution in [2.24, 2.45) is 0 Å². The molecule has 0 aromatic heterocycles. The van der Waals surface area contributed by atoms with E-state index in [0.29, 0.717) is 11.1 Å². The van der Waals surface area contributed by atoms with Crippen LogP contribution in [0.25, 0.3) is 11.1 Å². The molecule has 0 unspecified atom stereocenters. The lowest BCUT2D eigenvalue weighted by Gasteiger charge is -2.07. The van der Waals surface area contributed by atoms with E-state index < -0.39 is 29.0 Å². The number of aromatic carboxylic acids is 2. The van der Waals surface area contributed by atoms with E-state index in [1.165, 1.54) is 36.4 Å². The average molecular weight is 274 g/mol. The van der Waals surface area contributed by atoms with Crippen LogP contribution in [0.2, 0.25) is 0 Å². The van der Waals surface area contributed by atoms with Crippen molar-refractivity contribution in [3.8, 4) is 22.6 Å². The molecular weight excluding hydrogens is 264 g/mol. The van der Waals surface area contributed by atoms with Gasteiger partial charge in [0, 0.05) is 0 Å². The van der Waals surface area contributed by atoms with E-state index in [2.05, 4.69) is 0 Å². The van der Waals surface area contributed by atoms with Gasteiger partial charge in [0.05, 0.1) is 5.56 Å². The molecule has 0 aliphatic rings. The standard InChI is InChI=1S/C14H10O6/c15-10-5-9(6-11(16)12(10)14(19)20)7-1-3-8(4-2-7)13(17)18/h1-6,15-16H,(H,17,18)(H,19,20). The fourth-order valence-electron chi connectivity index (χ4n) is 1.80. The summed E-state index contributed by atoms with van der Waals surface area (Å²) in [6.07, 6.45) is 0. The number of carboxylic acid groups (broad SMARTS) is 2. The van der Waals surface area contributed by atoms with Crippen molar-refractivity contribution in [3.63, 3.8) is 0 Å². The second kappa shape index (κ2) is 4.93. The molecule has 0 fully saturated rings. The third kappa shape index (κ3) is 2.39. The summed E-state index contributed by atoms with van der Waals surface area (Å²) >= 11 is 0. The van der Waals surface area contributed by atoms with Crippen LogP contribution in [0.5, 0.6) is 11.5 Å². The zero-order valence-corrected chi connectivity index (χ0v) is 10.1. The van der Waals surface area contributed by atoms with Crippen molar-refractivity contribution in [1.29, 1.82) is 0 Å². The minimum atomic E-state index is -1.44. The van der Waals surface area contributed by atoms with E-state index in [1.54, 1.807) is 0 Å². The van der Waals surface area contributed by atoms with Gasteiger partial charge in [0.15, 0.2) is 0 Å². The number of hydrogen-bond acceptors (Lipinski definition) is 4. The largest absolute Gasteiger partial charge is 0.507 e. The highest BCUT2D eigenvalue weighted by atomic mass is 16.4. The summed E-state index contributed by atoms with van der Waals surface area (Å²) in [6, 6.07) is 8.13. The Labute approximate surface area is 113 Å². The van der Waals surface area contributed by atoms with Gasteiger partial charge in [-0.3, -0.25) is 0 Å². The summed E-state index contributed by atoms with van der Waals surface area (Å²) in [7, 11) is 0. The van der Waals surface area contributed by atoms with Gasteiger partial charge in [-0.1, -0.05) is 12.1 Å². The van der Waals surface area contributed by atoms with E-state index in [1.807, 2.05) is 0 Å². The zero-order chi connectivity index (χ0) is 14.9. The molecule has 0 amide bonds. The molecule has 0 radical (unpaired) electrons. The fourth-order valence-corrected chi connectivity index (χ4v) is 1.80. The molecule has 2 aromatic rings. The van der Waals surface area contributed by atoms with Crippen molar-refractivity contribution >= 4 is 11.9 Å². The van der Waals surface area contributed by atoms with Gasteiger partial charge in [0.2, 0.25) is 0 Å². The molecule has 0 saturated carbocycles. The van der Waals surface area contributed by atoms with Gasteiger partial charge in [-0.2, -0.15) is 0 Å². The molecule has 4 N–H and O–H groups in total. The highest BCUT2D eigenvalue weighted by molar-refractivity contribution is 5.95. The van der Waals surface area contributed by atoms with E-state index in [4.69, 9.17) is 10.2 Å². The lowest BCUT2D eigenvalue weighted by Crippen LogP contribution is -1.98. The maximum Gasteiger partial charge on any atom is 0.343 e. The zero-order valence-electron chi connectivity index (χ0n) is 10.1. The maximum atomic E-state index is 10.8. The topological polar surface area (TPSA) is 115 Å². The first-order chi connectivity index (χ1) is 9.40. The summed E-state index contributed by atoms with van der Waals surface area (Å²) < 4.78 is 0. The number of carbonyl (C=O) groups is 2. The Balaban J connectivity index is 2.48. The number of hydrogen-bond donors (Lipinski definition) is 4. The molecule has 6 heteroatoms. The van der Waals surface area contributed by atoms with Crippen LogP contribution in [0.3, 0.4) is 0 Å². The molecule has 0 spiro atoms. The van der Waals surface area contributed by atoms with Crippen LogP contribution in [0.15, 0.2) is 36.4 Å². The predicted octanol–water partition coefficient (Wildman–Crippen LogP) is 2.16. The Morgan fingerprint density at radius 3 is 1.65 bits per heavy atom. The molecule has 0 aliphatic carbocycles. The third-order valence-corrected chi connectivity index (χ3v) is 2.78. The smallest absolute Gasteiger partial charge is 0.343 e. The van der Waals surface area contributed by atoms with Gasteiger partial charge >= 0.3 is 11.9 Å². The molecule has 0 saturated heterocycles. The normalized spacial score (nSPS) is 10.2. The molecular formula is C14H10O6. The summed E-state index contributed by atoms with van der Waals surface area (Å²) in [4.78, 5) is 21.6. The van der Waals surface area contributed by atoms with Crippen LogP contribution in [0.1, 0.15) is 20.7 Å². The van der Waals surface area contributed by atoms with Gasteiger partial charge in [0.25, 0.3) is 0 Å². The minimum Gasteiger partial charge on any atom is -0.507 e. The van der Waals surface area contributed by atoms with Crippen LogP contribution in [-0.4, -0.2) is 32.4 Å². The van der Waals surface area contributed by atoms with Gasteiger partial charge in [-0.15, -0.1) is 0 Å². The van der Waals surface area contributed by atoms with Crippen molar-refractivity contribution < 1.29 is 30.0 Å². The quantitative estimate of drug-likeness (QED) is 0.681. The van der Waals surface area contributed by atoms with Gasteiger partial charge in [0.1, 0.15) is 17.1 Å².